The topological polar surface area (TPSA) is 43.8 Å². The lowest BCUT2D eigenvalue weighted by molar-refractivity contribution is 0.694. The molecule has 0 atom stereocenters. The van der Waals surface area contributed by atoms with Gasteiger partial charge in [-0.05, 0) is 23.8 Å². The Labute approximate surface area is 112 Å². The minimum absolute atomic E-state index is 0.762. The molecule has 94 valence electrons. The first-order valence-electron chi connectivity index (χ1n) is 6.24. The molecule has 2 N–H and O–H groups in total. The van der Waals surface area contributed by atoms with E-state index in [1.54, 1.807) is 0 Å². The van der Waals surface area contributed by atoms with Crippen molar-refractivity contribution in [2.24, 2.45) is 0 Å². The summed E-state index contributed by atoms with van der Waals surface area (Å²) in [4.78, 5) is 0. The van der Waals surface area contributed by atoms with Crippen molar-refractivity contribution in [2.45, 2.75) is 6.54 Å². The average Bonchev–Trinajstić information content (AvgIpc) is 2.88. The molecule has 0 saturated carbocycles. The zero-order valence-corrected chi connectivity index (χ0v) is 10.5. The number of rotatable bonds is 3. The maximum absolute atomic E-state index is 5.84. The summed E-state index contributed by atoms with van der Waals surface area (Å²) in [5.74, 6) is 0. The van der Waals surface area contributed by atoms with Crippen LogP contribution in [0.3, 0.4) is 0 Å². The van der Waals surface area contributed by atoms with Crippen LogP contribution in [0.25, 0.3) is 11.3 Å². The summed E-state index contributed by atoms with van der Waals surface area (Å²) in [6.45, 7) is 0.762. The molecule has 3 aromatic rings. The Hall–Kier alpha value is -2.55. The van der Waals surface area contributed by atoms with Crippen LogP contribution >= 0.6 is 0 Å². The summed E-state index contributed by atoms with van der Waals surface area (Å²) in [6.07, 6.45) is 1.82. The summed E-state index contributed by atoms with van der Waals surface area (Å²) >= 11 is 0. The summed E-state index contributed by atoms with van der Waals surface area (Å²) in [5, 5.41) is 4.39. The molecule has 0 bridgehead atoms. The number of nitrogen functional groups attached to an aromatic ring is 1. The Balaban J connectivity index is 1.95. The van der Waals surface area contributed by atoms with Crippen LogP contribution < -0.4 is 5.73 Å². The zero-order valence-electron chi connectivity index (χ0n) is 10.5. The first-order chi connectivity index (χ1) is 9.33. The lowest BCUT2D eigenvalue weighted by Crippen LogP contribution is -2.03. The number of aromatic nitrogens is 2. The number of nitrogens with two attached hydrogens (primary N) is 1. The molecule has 0 aliphatic carbocycles. The molecule has 0 aliphatic rings. The van der Waals surface area contributed by atoms with Gasteiger partial charge in [0.2, 0.25) is 0 Å². The quantitative estimate of drug-likeness (QED) is 0.724. The highest BCUT2D eigenvalue weighted by Gasteiger charge is 2.06. The highest BCUT2D eigenvalue weighted by atomic mass is 15.3. The van der Waals surface area contributed by atoms with Gasteiger partial charge in [0.15, 0.2) is 0 Å². The first kappa shape index (κ1) is 11.5. The molecule has 0 fully saturated rings. The van der Waals surface area contributed by atoms with Crippen molar-refractivity contribution in [2.75, 3.05) is 5.73 Å². The molecule has 19 heavy (non-hydrogen) atoms. The van der Waals surface area contributed by atoms with Crippen LogP contribution in [0.5, 0.6) is 0 Å². The van der Waals surface area contributed by atoms with Crippen LogP contribution in [0, 0.1) is 0 Å². The fourth-order valence-electron chi connectivity index (χ4n) is 2.16. The van der Waals surface area contributed by atoms with Crippen molar-refractivity contribution >= 4 is 5.69 Å². The maximum atomic E-state index is 5.84. The van der Waals surface area contributed by atoms with Crippen LogP contribution in [0.15, 0.2) is 66.9 Å². The molecule has 0 amide bonds. The predicted octanol–water partition coefficient (Wildman–Crippen LogP) is 3.18. The molecule has 3 nitrogen and oxygen atoms in total. The van der Waals surface area contributed by atoms with Crippen molar-refractivity contribution in [1.29, 1.82) is 0 Å². The molecule has 0 aliphatic heterocycles. The lowest BCUT2D eigenvalue weighted by Gasteiger charge is -2.08. The maximum Gasteiger partial charge on any atom is 0.0686 e. The zero-order chi connectivity index (χ0) is 13.1. The summed E-state index contributed by atoms with van der Waals surface area (Å²) in [6, 6.07) is 20.2. The van der Waals surface area contributed by atoms with Gasteiger partial charge >= 0.3 is 0 Å². The molecular weight excluding hydrogens is 234 g/mol. The Morgan fingerprint density at radius 3 is 2.58 bits per heavy atom. The fourth-order valence-corrected chi connectivity index (χ4v) is 2.16. The molecule has 3 heteroatoms. The molecule has 2 aromatic carbocycles. The van der Waals surface area contributed by atoms with Crippen LogP contribution in [-0.4, -0.2) is 9.78 Å². The largest absolute Gasteiger partial charge is 0.399 e. The molecule has 1 heterocycles. The minimum Gasteiger partial charge on any atom is -0.399 e. The van der Waals surface area contributed by atoms with Crippen molar-refractivity contribution < 1.29 is 0 Å². The van der Waals surface area contributed by atoms with E-state index in [0.29, 0.717) is 0 Å². The van der Waals surface area contributed by atoms with Gasteiger partial charge in [0.05, 0.1) is 12.2 Å². The van der Waals surface area contributed by atoms with Gasteiger partial charge in [-0.2, -0.15) is 5.10 Å². The van der Waals surface area contributed by atoms with Crippen LogP contribution in [-0.2, 0) is 6.54 Å². The van der Waals surface area contributed by atoms with E-state index in [1.165, 1.54) is 5.56 Å². The third-order valence-electron chi connectivity index (χ3n) is 3.07. The molecule has 1 aromatic heterocycles. The predicted molar refractivity (Wildman–Crippen MR) is 77.6 cm³/mol. The molecule has 0 saturated heterocycles. The van der Waals surface area contributed by atoms with E-state index in [1.807, 2.05) is 53.3 Å². The van der Waals surface area contributed by atoms with E-state index < -0.39 is 0 Å². The van der Waals surface area contributed by atoms with E-state index >= 15 is 0 Å². The summed E-state index contributed by atoms with van der Waals surface area (Å²) in [7, 11) is 0. The average molecular weight is 249 g/mol. The SMILES string of the molecule is Nc1cccc(-c2ccnn2Cc2ccccc2)c1. The molecule has 0 spiro atoms. The number of hydrogen-bond donors (Lipinski definition) is 1. The van der Waals surface area contributed by atoms with E-state index in [2.05, 4.69) is 23.3 Å². The number of nitrogens with zero attached hydrogens (tertiary/aromatic N) is 2. The first-order valence-corrected chi connectivity index (χ1v) is 6.24. The monoisotopic (exact) mass is 249 g/mol. The van der Waals surface area contributed by atoms with E-state index in [4.69, 9.17) is 5.73 Å². The fraction of sp³-hybridized carbons (Fsp3) is 0.0625. The summed E-state index contributed by atoms with van der Waals surface area (Å²) in [5.41, 5.74) is 10.0. The third kappa shape index (κ3) is 2.50. The highest BCUT2D eigenvalue weighted by molar-refractivity contribution is 5.64. The van der Waals surface area contributed by atoms with Gasteiger partial charge in [0.25, 0.3) is 0 Å². The number of hydrogen-bond acceptors (Lipinski definition) is 2. The number of benzene rings is 2. The van der Waals surface area contributed by atoms with Gasteiger partial charge in [-0.25, -0.2) is 0 Å². The Bertz CT molecular complexity index is 671. The van der Waals surface area contributed by atoms with Crippen molar-refractivity contribution in [3.05, 3.63) is 72.4 Å². The molecule has 0 radical (unpaired) electrons. The highest BCUT2D eigenvalue weighted by Crippen LogP contribution is 2.21. The normalized spacial score (nSPS) is 10.5. The lowest BCUT2D eigenvalue weighted by atomic mass is 10.1. The Kier molecular flexibility index (Phi) is 3.02. The smallest absolute Gasteiger partial charge is 0.0686 e. The van der Waals surface area contributed by atoms with E-state index in [9.17, 15) is 0 Å². The third-order valence-corrected chi connectivity index (χ3v) is 3.07. The van der Waals surface area contributed by atoms with Crippen LogP contribution in [0.4, 0.5) is 5.69 Å². The Morgan fingerprint density at radius 1 is 0.947 bits per heavy atom. The molecule has 0 unspecified atom stereocenters. The van der Waals surface area contributed by atoms with Gasteiger partial charge in [-0.15, -0.1) is 0 Å². The van der Waals surface area contributed by atoms with Crippen LogP contribution in [0.2, 0.25) is 0 Å². The van der Waals surface area contributed by atoms with Gasteiger partial charge in [-0.1, -0.05) is 42.5 Å². The van der Waals surface area contributed by atoms with Gasteiger partial charge < -0.3 is 5.73 Å². The summed E-state index contributed by atoms with van der Waals surface area (Å²) < 4.78 is 1.99. The second-order valence-corrected chi connectivity index (χ2v) is 4.49. The van der Waals surface area contributed by atoms with Gasteiger partial charge in [0, 0.05) is 17.4 Å². The van der Waals surface area contributed by atoms with Gasteiger partial charge in [-0.3, -0.25) is 4.68 Å². The Morgan fingerprint density at radius 2 is 1.79 bits per heavy atom. The van der Waals surface area contributed by atoms with Crippen LogP contribution in [0.1, 0.15) is 5.56 Å². The van der Waals surface area contributed by atoms with Crippen molar-refractivity contribution in [1.82, 2.24) is 9.78 Å². The standard InChI is InChI=1S/C16H15N3/c17-15-8-4-7-14(11-15)16-9-10-18-19(16)12-13-5-2-1-3-6-13/h1-11H,12,17H2. The second-order valence-electron chi connectivity index (χ2n) is 4.49. The molecular formula is C16H15N3. The van der Waals surface area contributed by atoms with E-state index in [-0.39, 0.29) is 0 Å². The van der Waals surface area contributed by atoms with E-state index in [0.717, 1.165) is 23.5 Å². The minimum atomic E-state index is 0.762. The van der Waals surface area contributed by atoms with Crippen molar-refractivity contribution in [3.63, 3.8) is 0 Å². The van der Waals surface area contributed by atoms with Gasteiger partial charge in [0.1, 0.15) is 0 Å². The van der Waals surface area contributed by atoms with Crippen molar-refractivity contribution in [3.8, 4) is 11.3 Å². The second kappa shape index (κ2) is 4.98. The number of anilines is 1. The molecule has 3 rings (SSSR count).